The van der Waals surface area contributed by atoms with Crippen molar-refractivity contribution in [2.24, 2.45) is 5.92 Å². The van der Waals surface area contributed by atoms with Crippen molar-refractivity contribution in [2.45, 2.75) is 25.9 Å². The molecular weight excluding hydrogens is 154 g/mol. The number of nitrogens with one attached hydrogen (secondary N) is 1. The summed E-state index contributed by atoms with van der Waals surface area (Å²) in [6.07, 6.45) is 2.27. The van der Waals surface area contributed by atoms with Crippen molar-refractivity contribution in [2.75, 3.05) is 26.3 Å². The SMILES string of the molecule is CCNCC(O)COCC1CC1. The van der Waals surface area contributed by atoms with E-state index in [4.69, 9.17) is 4.74 Å². The van der Waals surface area contributed by atoms with Gasteiger partial charge in [-0.2, -0.15) is 0 Å². The summed E-state index contributed by atoms with van der Waals surface area (Å²) < 4.78 is 5.33. The van der Waals surface area contributed by atoms with Crippen LogP contribution in [0.1, 0.15) is 19.8 Å². The molecule has 3 nitrogen and oxygen atoms in total. The lowest BCUT2D eigenvalue weighted by atomic mass is 10.3. The molecule has 1 atom stereocenters. The van der Waals surface area contributed by atoms with Crippen LogP contribution in [0.15, 0.2) is 0 Å². The molecular formula is C9H19NO2. The Labute approximate surface area is 74.1 Å². The fourth-order valence-electron chi connectivity index (χ4n) is 1.03. The van der Waals surface area contributed by atoms with Gasteiger partial charge in [0.1, 0.15) is 0 Å². The molecule has 0 amide bonds. The van der Waals surface area contributed by atoms with Gasteiger partial charge in [-0.1, -0.05) is 6.92 Å². The van der Waals surface area contributed by atoms with E-state index in [0.29, 0.717) is 13.2 Å². The van der Waals surface area contributed by atoms with Gasteiger partial charge in [-0.05, 0) is 25.3 Å². The van der Waals surface area contributed by atoms with E-state index < -0.39 is 0 Å². The smallest absolute Gasteiger partial charge is 0.0897 e. The Bertz CT molecular complexity index is 115. The first-order valence-electron chi connectivity index (χ1n) is 4.79. The Morgan fingerprint density at radius 3 is 2.92 bits per heavy atom. The van der Waals surface area contributed by atoms with Crippen molar-refractivity contribution in [3.63, 3.8) is 0 Å². The van der Waals surface area contributed by atoms with Gasteiger partial charge in [0.05, 0.1) is 12.7 Å². The van der Waals surface area contributed by atoms with Gasteiger partial charge in [-0.3, -0.25) is 0 Å². The van der Waals surface area contributed by atoms with Crippen LogP contribution in [0.2, 0.25) is 0 Å². The maximum atomic E-state index is 9.33. The predicted molar refractivity (Wildman–Crippen MR) is 48.1 cm³/mol. The zero-order chi connectivity index (χ0) is 8.81. The molecule has 0 aromatic rings. The number of aliphatic hydroxyl groups is 1. The van der Waals surface area contributed by atoms with Crippen LogP contribution in [0, 0.1) is 5.92 Å². The molecule has 1 aliphatic carbocycles. The van der Waals surface area contributed by atoms with E-state index in [-0.39, 0.29) is 6.10 Å². The normalized spacial score (nSPS) is 19.5. The quantitative estimate of drug-likeness (QED) is 0.585. The van der Waals surface area contributed by atoms with Crippen molar-refractivity contribution in [1.82, 2.24) is 5.32 Å². The summed E-state index contributed by atoms with van der Waals surface area (Å²) >= 11 is 0. The molecule has 1 aliphatic rings. The highest BCUT2D eigenvalue weighted by Gasteiger charge is 2.21. The highest BCUT2D eigenvalue weighted by Crippen LogP contribution is 2.28. The van der Waals surface area contributed by atoms with Crippen molar-refractivity contribution in [3.8, 4) is 0 Å². The van der Waals surface area contributed by atoms with E-state index in [1.54, 1.807) is 0 Å². The van der Waals surface area contributed by atoms with Crippen molar-refractivity contribution >= 4 is 0 Å². The molecule has 0 radical (unpaired) electrons. The van der Waals surface area contributed by atoms with Gasteiger partial charge in [-0.25, -0.2) is 0 Å². The van der Waals surface area contributed by atoms with Crippen LogP contribution in [0.4, 0.5) is 0 Å². The summed E-state index contributed by atoms with van der Waals surface area (Å²) in [4.78, 5) is 0. The third kappa shape index (κ3) is 4.70. The summed E-state index contributed by atoms with van der Waals surface area (Å²) in [5.41, 5.74) is 0. The minimum absolute atomic E-state index is 0.344. The van der Waals surface area contributed by atoms with Crippen molar-refractivity contribution in [1.29, 1.82) is 0 Å². The number of hydrogen-bond donors (Lipinski definition) is 2. The summed E-state index contributed by atoms with van der Waals surface area (Å²) in [5.74, 6) is 0.788. The first kappa shape index (κ1) is 9.96. The molecule has 1 rings (SSSR count). The minimum atomic E-state index is -0.344. The number of rotatable bonds is 7. The molecule has 0 saturated heterocycles. The third-order valence-corrected chi connectivity index (χ3v) is 1.99. The Morgan fingerprint density at radius 1 is 1.58 bits per heavy atom. The van der Waals surface area contributed by atoms with Crippen LogP contribution >= 0.6 is 0 Å². The number of aliphatic hydroxyl groups excluding tert-OH is 1. The molecule has 0 aromatic heterocycles. The fraction of sp³-hybridized carbons (Fsp3) is 1.00. The summed E-state index contributed by atoms with van der Waals surface area (Å²) in [6, 6.07) is 0. The molecule has 0 aliphatic heterocycles. The van der Waals surface area contributed by atoms with E-state index in [1.165, 1.54) is 12.8 Å². The van der Waals surface area contributed by atoms with Crippen LogP contribution in [0.3, 0.4) is 0 Å². The zero-order valence-corrected chi connectivity index (χ0v) is 7.75. The first-order chi connectivity index (χ1) is 5.83. The van der Waals surface area contributed by atoms with Crippen molar-refractivity contribution < 1.29 is 9.84 Å². The van der Waals surface area contributed by atoms with Crippen LogP contribution in [-0.2, 0) is 4.74 Å². The van der Waals surface area contributed by atoms with Gasteiger partial charge >= 0.3 is 0 Å². The molecule has 1 unspecified atom stereocenters. The van der Waals surface area contributed by atoms with E-state index in [0.717, 1.165) is 19.1 Å². The summed E-state index contributed by atoms with van der Waals surface area (Å²) in [7, 11) is 0. The first-order valence-corrected chi connectivity index (χ1v) is 4.79. The summed E-state index contributed by atoms with van der Waals surface area (Å²) in [6.45, 7) is 4.88. The molecule has 0 heterocycles. The van der Waals surface area contributed by atoms with E-state index in [9.17, 15) is 5.11 Å². The average molecular weight is 173 g/mol. The number of ether oxygens (including phenoxy) is 1. The van der Waals surface area contributed by atoms with Gasteiger partial charge < -0.3 is 15.2 Å². The lowest BCUT2D eigenvalue weighted by Gasteiger charge is -2.10. The Hall–Kier alpha value is -0.120. The highest BCUT2D eigenvalue weighted by molar-refractivity contribution is 4.72. The van der Waals surface area contributed by atoms with E-state index in [1.807, 2.05) is 6.92 Å². The average Bonchev–Trinajstić information content (AvgIpc) is 2.84. The van der Waals surface area contributed by atoms with Gasteiger partial charge in [0.2, 0.25) is 0 Å². The molecule has 3 heteroatoms. The monoisotopic (exact) mass is 173 g/mol. The Kier molecular flexibility index (Phi) is 4.58. The molecule has 12 heavy (non-hydrogen) atoms. The zero-order valence-electron chi connectivity index (χ0n) is 7.75. The number of likely N-dealkylation sites (N-methyl/N-ethyl adjacent to an activating group) is 1. The van der Waals surface area contributed by atoms with E-state index in [2.05, 4.69) is 5.32 Å². The highest BCUT2D eigenvalue weighted by atomic mass is 16.5. The number of hydrogen-bond acceptors (Lipinski definition) is 3. The Balaban J connectivity index is 1.83. The molecule has 0 spiro atoms. The van der Waals surface area contributed by atoms with Gasteiger partial charge in [0, 0.05) is 13.2 Å². The molecule has 2 N–H and O–H groups in total. The topological polar surface area (TPSA) is 41.5 Å². The van der Waals surface area contributed by atoms with Crippen LogP contribution in [0.25, 0.3) is 0 Å². The lowest BCUT2D eigenvalue weighted by molar-refractivity contribution is 0.0328. The Morgan fingerprint density at radius 2 is 2.33 bits per heavy atom. The molecule has 0 bridgehead atoms. The van der Waals surface area contributed by atoms with Gasteiger partial charge in [0.15, 0.2) is 0 Å². The van der Waals surface area contributed by atoms with Crippen LogP contribution in [0.5, 0.6) is 0 Å². The van der Waals surface area contributed by atoms with Gasteiger partial charge in [0.25, 0.3) is 0 Å². The predicted octanol–water partition coefficient (Wildman–Crippen LogP) is 0.383. The molecule has 1 fully saturated rings. The van der Waals surface area contributed by atoms with E-state index >= 15 is 0 Å². The standard InChI is InChI=1S/C9H19NO2/c1-2-10-5-9(11)7-12-6-8-3-4-8/h8-11H,2-7H2,1H3. The van der Waals surface area contributed by atoms with Crippen LogP contribution < -0.4 is 5.32 Å². The molecule has 72 valence electrons. The lowest BCUT2D eigenvalue weighted by Crippen LogP contribution is -2.30. The fourth-order valence-corrected chi connectivity index (χ4v) is 1.03. The maximum Gasteiger partial charge on any atom is 0.0897 e. The second-order valence-corrected chi connectivity index (χ2v) is 3.44. The van der Waals surface area contributed by atoms with Crippen LogP contribution in [-0.4, -0.2) is 37.5 Å². The largest absolute Gasteiger partial charge is 0.389 e. The van der Waals surface area contributed by atoms with Crippen molar-refractivity contribution in [3.05, 3.63) is 0 Å². The molecule has 0 aromatic carbocycles. The second-order valence-electron chi connectivity index (χ2n) is 3.44. The summed E-state index contributed by atoms with van der Waals surface area (Å²) in [5, 5.41) is 12.4. The second kappa shape index (κ2) is 5.51. The van der Waals surface area contributed by atoms with Gasteiger partial charge in [-0.15, -0.1) is 0 Å². The minimum Gasteiger partial charge on any atom is -0.389 e. The third-order valence-electron chi connectivity index (χ3n) is 1.99. The maximum absolute atomic E-state index is 9.33. The molecule has 1 saturated carbocycles.